The van der Waals surface area contributed by atoms with Crippen LogP contribution in [0.1, 0.15) is 56.5 Å². The quantitative estimate of drug-likeness (QED) is 0.202. The van der Waals surface area contributed by atoms with E-state index in [1.807, 2.05) is 12.3 Å². The van der Waals surface area contributed by atoms with Crippen molar-refractivity contribution in [2.75, 3.05) is 23.9 Å². The fourth-order valence-electron chi connectivity index (χ4n) is 4.65. The second-order valence-corrected chi connectivity index (χ2v) is 11.8. The van der Waals surface area contributed by atoms with Crippen LogP contribution in [-0.4, -0.2) is 33.7 Å². The molecule has 3 aromatic rings. The molecular weight excluding hydrogens is 520 g/mol. The molecule has 204 valence electrons. The van der Waals surface area contributed by atoms with E-state index in [2.05, 4.69) is 58.3 Å². The SMILES string of the molecule is C#Cc1cnc2c(Cl)cc(N[C@H](C3=CN(C4(CF)CC4)NN3)c3ccc(F)nc3C)cc2c1NCC(C)(C)C. The Balaban J connectivity index is 1.58. The number of hydrazine groups is 2. The van der Waals surface area contributed by atoms with E-state index < -0.39 is 24.2 Å². The van der Waals surface area contributed by atoms with Crippen molar-refractivity contribution in [3.8, 4) is 12.3 Å². The molecule has 5 rings (SSSR count). The van der Waals surface area contributed by atoms with Crippen LogP contribution in [0.25, 0.3) is 10.9 Å². The first kappa shape index (κ1) is 27.0. The van der Waals surface area contributed by atoms with Gasteiger partial charge in [-0.1, -0.05) is 44.4 Å². The number of alkyl halides is 1. The number of nitrogens with zero attached hydrogens (tertiary/aromatic N) is 3. The molecule has 1 saturated carbocycles. The Bertz CT molecular complexity index is 1490. The van der Waals surface area contributed by atoms with Gasteiger partial charge in [0, 0.05) is 41.3 Å². The van der Waals surface area contributed by atoms with E-state index in [4.69, 9.17) is 18.0 Å². The summed E-state index contributed by atoms with van der Waals surface area (Å²) in [5, 5.41) is 10.0. The van der Waals surface area contributed by atoms with E-state index in [1.165, 1.54) is 6.07 Å². The van der Waals surface area contributed by atoms with E-state index in [0.717, 1.165) is 35.2 Å². The van der Waals surface area contributed by atoms with Crippen LogP contribution in [0.3, 0.4) is 0 Å². The van der Waals surface area contributed by atoms with Crippen LogP contribution >= 0.6 is 11.6 Å². The second-order valence-electron chi connectivity index (χ2n) is 11.4. The standard InChI is InChI=1S/C29H32ClF2N7/c1-6-18-13-33-26-21(25(18)34-16-28(3,4)5)11-19(12-22(26)30)36-27(20-7-8-24(32)35-17(20)2)23-14-39(38-37-23)29(15-31)9-10-29/h1,7-8,11-14,27,36-38H,9-10,15-16H2,2-5H3,(H,33,34)/t27-/m0/s1. The van der Waals surface area contributed by atoms with Gasteiger partial charge in [0.1, 0.15) is 6.67 Å². The molecule has 0 unspecified atom stereocenters. The lowest BCUT2D eigenvalue weighted by Crippen LogP contribution is -2.46. The van der Waals surface area contributed by atoms with Crippen LogP contribution in [0.2, 0.25) is 5.02 Å². The number of fused-ring (bicyclic) bond motifs is 1. The van der Waals surface area contributed by atoms with Crippen molar-refractivity contribution in [3.05, 3.63) is 70.2 Å². The molecule has 7 nitrogen and oxygen atoms in total. The average molecular weight is 552 g/mol. The lowest BCUT2D eigenvalue weighted by atomic mass is 9.96. The summed E-state index contributed by atoms with van der Waals surface area (Å²) in [4.78, 5) is 8.55. The van der Waals surface area contributed by atoms with Gasteiger partial charge in [-0.3, -0.25) is 9.99 Å². The Hall–Kier alpha value is -3.61. The highest BCUT2D eigenvalue weighted by atomic mass is 35.5. The second kappa shape index (κ2) is 10.2. The van der Waals surface area contributed by atoms with Crippen LogP contribution < -0.4 is 21.6 Å². The number of rotatable bonds is 8. The van der Waals surface area contributed by atoms with E-state index >= 15 is 0 Å². The third kappa shape index (κ3) is 5.45. The van der Waals surface area contributed by atoms with Crippen molar-refractivity contribution < 1.29 is 8.78 Å². The topological polar surface area (TPSA) is 77.1 Å². The Morgan fingerprint density at radius 2 is 2.05 bits per heavy atom. The molecule has 1 aromatic carbocycles. The largest absolute Gasteiger partial charge is 0.383 e. The summed E-state index contributed by atoms with van der Waals surface area (Å²) in [6.07, 6.45) is 10.8. The molecule has 1 fully saturated rings. The molecule has 0 bridgehead atoms. The van der Waals surface area contributed by atoms with E-state index in [-0.39, 0.29) is 5.41 Å². The molecule has 1 aliphatic carbocycles. The number of benzene rings is 1. The molecule has 10 heteroatoms. The number of terminal acetylenes is 1. The summed E-state index contributed by atoms with van der Waals surface area (Å²) in [6.45, 7) is 8.39. The summed E-state index contributed by atoms with van der Waals surface area (Å²) in [6, 6.07) is 6.29. The Morgan fingerprint density at radius 1 is 1.28 bits per heavy atom. The maximum atomic E-state index is 13.9. The lowest BCUT2D eigenvalue weighted by Gasteiger charge is -2.24. The van der Waals surface area contributed by atoms with Crippen LogP contribution in [-0.2, 0) is 0 Å². The molecule has 0 spiro atoms. The van der Waals surface area contributed by atoms with E-state index in [0.29, 0.717) is 34.0 Å². The fourth-order valence-corrected chi connectivity index (χ4v) is 4.91. The van der Waals surface area contributed by atoms with Gasteiger partial charge >= 0.3 is 0 Å². The minimum absolute atomic E-state index is 0.0113. The van der Waals surface area contributed by atoms with Crippen LogP contribution in [0, 0.1) is 30.6 Å². The lowest BCUT2D eigenvalue weighted by molar-refractivity contribution is 0.146. The smallest absolute Gasteiger partial charge is 0.213 e. The van der Waals surface area contributed by atoms with Gasteiger partial charge in [-0.05, 0) is 43.4 Å². The minimum Gasteiger partial charge on any atom is -0.383 e. The van der Waals surface area contributed by atoms with E-state index in [9.17, 15) is 8.78 Å². The molecule has 1 aliphatic heterocycles. The highest BCUT2D eigenvalue weighted by molar-refractivity contribution is 6.35. The molecule has 0 amide bonds. The number of aromatic nitrogens is 2. The average Bonchev–Trinajstić information content (AvgIpc) is 3.53. The normalized spacial score (nSPS) is 16.9. The van der Waals surface area contributed by atoms with Crippen molar-refractivity contribution in [2.45, 2.75) is 52.1 Å². The molecule has 3 heterocycles. The minimum atomic E-state index is -0.561. The molecule has 4 N–H and O–H groups in total. The summed E-state index contributed by atoms with van der Waals surface area (Å²) in [5.74, 6) is 2.16. The van der Waals surface area contributed by atoms with Crippen molar-refractivity contribution in [1.82, 2.24) is 25.9 Å². The first-order valence-corrected chi connectivity index (χ1v) is 13.2. The Kier molecular flexibility index (Phi) is 7.04. The molecule has 0 saturated heterocycles. The highest BCUT2D eigenvalue weighted by Crippen LogP contribution is 2.43. The van der Waals surface area contributed by atoms with Gasteiger partial charge in [-0.2, -0.15) is 4.39 Å². The Morgan fingerprint density at radius 3 is 2.69 bits per heavy atom. The first-order chi connectivity index (χ1) is 18.5. The molecule has 1 atom stereocenters. The van der Waals surface area contributed by atoms with Gasteiger partial charge in [0.2, 0.25) is 5.95 Å². The number of pyridine rings is 2. The number of aryl methyl sites for hydroxylation is 1. The summed E-state index contributed by atoms with van der Waals surface area (Å²) in [7, 11) is 0. The summed E-state index contributed by atoms with van der Waals surface area (Å²) < 4.78 is 27.7. The van der Waals surface area contributed by atoms with E-state index in [1.54, 1.807) is 30.3 Å². The number of hydrogen-bond acceptors (Lipinski definition) is 7. The molecule has 39 heavy (non-hydrogen) atoms. The monoisotopic (exact) mass is 551 g/mol. The molecule has 2 aliphatic rings. The van der Waals surface area contributed by atoms with Gasteiger partial charge in [-0.25, -0.2) is 9.37 Å². The van der Waals surface area contributed by atoms with Crippen LogP contribution in [0.4, 0.5) is 20.2 Å². The summed E-state index contributed by atoms with van der Waals surface area (Å²) >= 11 is 6.73. The van der Waals surface area contributed by atoms with Gasteiger partial charge in [-0.15, -0.1) is 12.0 Å². The van der Waals surface area contributed by atoms with Crippen LogP contribution in [0.5, 0.6) is 0 Å². The number of halogens is 3. The predicted molar refractivity (Wildman–Crippen MR) is 152 cm³/mol. The zero-order chi connectivity index (χ0) is 27.9. The highest BCUT2D eigenvalue weighted by Gasteiger charge is 2.49. The molecule has 0 radical (unpaired) electrons. The van der Waals surface area contributed by atoms with Gasteiger partial charge in [0.05, 0.1) is 39.1 Å². The molecule has 2 aromatic heterocycles. The Labute approximate surface area is 232 Å². The maximum absolute atomic E-state index is 13.9. The van der Waals surface area contributed by atoms with Crippen LogP contribution in [0.15, 0.2) is 42.4 Å². The first-order valence-electron chi connectivity index (χ1n) is 12.8. The third-order valence-electron chi connectivity index (χ3n) is 7.08. The number of nitrogens with one attached hydrogen (secondary N) is 4. The van der Waals surface area contributed by atoms with Gasteiger partial charge in [0.25, 0.3) is 0 Å². The summed E-state index contributed by atoms with van der Waals surface area (Å²) in [5.41, 5.74) is 10.4. The van der Waals surface area contributed by atoms with Gasteiger partial charge in [0.15, 0.2) is 0 Å². The van der Waals surface area contributed by atoms with Crippen molar-refractivity contribution in [3.63, 3.8) is 0 Å². The zero-order valence-electron chi connectivity index (χ0n) is 22.4. The third-order valence-corrected chi connectivity index (χ3v) is 7.37. The fraction of sp³-hybridized carbons (Fsp3) is 0.379. The van der Waals surface area contributed by atoms with Gasteiger partial charge < -0.3 is 16.1 Å². The van der Waals surface area contributed by atoms with Crippen molar-refractivity contribution >= 4 is 33.9 Å². The molecular formula is C29H32ClF2N7. The maximum Gasteiger partial charge on any atom is 0.213 e. The number of hydrogen-bond donors (Lipinski definition) is 4. The van der Waals surface area contributed by atoms with Crippen molar-refractivity contribution in [2.24, 2.45) is 5.41 Å². The zero-order valence-corrected chi connectivity index (χ0v) is 23.2. The predicted octanol–water partition coefficient (Wildman–Crippen LogP) is 5.99. The number of anilines is 2. The van der Waals surface area contributed by atoms with Crippen molar-refractivity contribution in [1.29, 1.82) is 0 Å².